The van der Waals surface area contributed by atoms with E-state index in [9.17, 15) is 0 Å². The highest BCUT2D eigenvalue weighted by molar-refractivity contribution is 5.71. The van der Waals surface area contributed by atoms with Crippen LogP contribution in [0.3, 0.4) is 0 Å². The zero-order chi connectivity index (χ0) is 22.5. The molecule has 0 spiro atoms. The van der Waals surface area contributed by atoms with Crippen molar-refractivity contribution in [3.63, 3.8) is 0 Å². The minimum Gasteiger partial charge on any atom is -0.416 e. The quantitative estimate of drug-likeness (QED) is 0.341. The van der Waals surface area contributed by atoms with Crippen molar-refractivity contribution in [2.75, 3.05) is 0 Å². The van der Waals surface area contributed by atoms with E-state index in [2.05, 4.69) is 116 Å². The summed E-state index contributed by atoms with van der Waals surface area (Å²) in [4.78, 5) is 0. The van der Waals surface area contributed by atoms with Gasteiger partial charge in [-0.15, -0.1) is 10.2 Å². The lowest BCUT2D eigenvalue weighted by atomic mass is 9.74. The summed E-state index contributed by atoms with van der Waals surface area (Å²) in [6, 6.07) is 21.4. The molecule has 162 valence electrons. The van der Waals surface area contributed by atoms with E-state index >= 15 is 0 Å². The van der Waals surface area contributed by atoms with Crippen LogP contribution in [0.5, 0.6) is 0 Å². The first-order valence-corrected chi connectivity index (χ1v) is 11.5. The van der Waals surface area contributed by atoms with Crippen molar-refractivity contribution < 1.29 is 8.98 Å². The molecule has 3 heterocycles. The molecule has 0 aliphatic carbocycles. The molecule has 0 saturated carbocycles. The maximum Gasteiger partial charge on any atom is 0.248 e. The van der Waals surface area contributed by atoms with Gasteiger partial charge in [-0.05, 0) is 53.8 Å². The predicted molar refractivity (Wildman–Crippen MR) is 127 cm³/mol. The van der Waals surface area contributed by atoms with Crippen molar-refractivity contribution in [1.82, 2.24) is 10.2 Å². The minimum absolute atomic E-state index is 0.0136. The van der Waals surface area contributed by atoms with Crippen molar-refractivity contribution in [2.45, 2.75) is 58.4 Å². The molecule has 0 bridgehead atoms. The first-order chi connectivity index (χ1) is 15.4. The fourth-order valence-electron chi connectivity index (χ4n) is 5.12. The monoisotopic (exact) mass is 424 g/mol. The fraction of sp³-hybridized carbons (Fsp3) is 0.321. The maximum absolute atomic E-state index is 6.10. The van der Waals surface area contributed by atoms with E-state index < -0.39 is 0 Å². The Labute approximate surface area is 190 Å². The number of hydrogen-bond donors (Lipinski definition) is 0. The molecular weight excluding hydrogens is 394 g/mol. The number of rotatable bonds is 4. The van der Waals surface area contributed by atoms with E-state index in [-0.39, 0.29) is 5.54 Å². The Kier molecular flexibility index (Phi) is 4.96. The van der Waals surface area contributed by atoms with Gasteiger partial charge in [0.1, 0.15) is 0 Å². The summed E-state index contributed by atoms with van der Waals surface area (Å²) in [6.07, 6.45) is 3.27. The van der Waals surface area contributed by atoms with Crippen LogP contribution < -0.4 is 4.57 Å². The fourth-order valence-corrected chi connectivity index (χ4v) is 5.12. The topological polar surface area (TPSA) is 42.8 Å². The number of hydrogen-bond acceptors (Lipinski definition) is 3. The van der Waals surface area contributed by atoms with Crippen LogP contribution in [0.4, 0.5) is 0 Å². The van der Waals surface area contributed by atoms with Crippen LogP contribution in [0.25, 0.3) is 34.2 Å². The lowest BCUT2D eigenvalue weighted by Crippen LogP contribution is -2.59. The lowest BCUT2D eigenvalue weighted by molar-refractivity contribution is -0.754. The van der Waals surface area contributed by atoms with Gasteiger partial charge in [-0.1, -0.05) is 39.0 Å². The molecule has 5 rings (SSSR count). The third-order valence-corrected chi connectivity index (χ3v) is 6.94. The van der Waals surface area contributed by atoms with Gasteiger partial charge in [0.25, 0.3) is 0 Å². The Morgan fingerprint density at radius 1 is 0.938 bits per heavy atom. The Balaban J connectivity index is 1.56. The molecule has 32 heavy (non-hydrogen) atoms. The highest BCUT2D eigenvalue weighted by Gasteiger charge is 2.45. The average molecular weight is 425 g/mol. The number of aromatic nitrogens is 3. The van der Waals surface area contributed by atoms with Gasteiger partial charge in [0.05, 0.1) is 5.56 Å². The van der Waals surface area contributed by atoms with E-state index in [0.717, 1.165) is 17.5 Å². The molecule has 0 amide bonds. The summed E-state index contributed by atoms with van der Waals surface area (Å²) in [5.74, 6) is 2.03. The van der Waals surface area contributed by atoms with Crippen LogP contribution in [-0.2, 0) is 5.54 Å². The molecule has 0 N–H and O–H groups in total. The van der Waals surface area contributed by atoms with Crippen LogP contribution >= 0.6 is 0 Å². The number of nitrogens with zero attached hydrogens (tertiary/aromatic N) is 3. The van der Waals surface area contributed by atoms with Gasteiger partial charge >= 0.3 is 0 Å². The van der Waals surface area contributed by atoms with Gasteiger partial charge in [0.15, 0.2) is 11.7 Å². The van der Waals surface area contributed by atoms with Crippen molar-refractivity contribution >= 4 is 0 Å². The van der Waals surface area contributed by atoms with E-state index in [1.54, 1.807) is 0 Å². The van der Waals surface area contributed by atoms with Crippen molar-refractivity contribution in [3.8, 4) is 34.2 Å². The Bertz CT molecular complexity index is 1270. The molecule has 4 aromatic rings. The molecule has 0 radical (unpaired) electrons. The lowest BCUT2D eigenvalue weighted by Gasteiger charge is -2.35. The summed E-state index contributed by atoms with van der Waals surface area (Å²) >= 11 is 0. The van der Waals surface area contributed by atoms with Crippen LogP contribution in [0.2, 0.25) is 0 Å². The minimum atomic E-state index is 0.0136. The van der Waals surface area contributed by atoms with E-state index in [1.165, 1.54) is 22.4 Å². The van der Waals surface area contributed by atoms with E-state index in [4.69, 9.17) is 4.42 Å². The van der Waals surface area contributed by atoms with E-state index in [1.807, 2.05) is 0 Å². The normalized spacial score (nSPS) is 16.6. The summed E-state index contributed by atoms with van der Waals surface area (Å²) in [7, 11) is 0. The van der Waals surface area contributed by atoms with Crippen molar-refractivity contribution in [3.05, 3.63) is 78.0 Å². The second-order valence-electron chi connectivity index (χ2n) is 9.56. The molecule has 2 aromatic carbocycles. The van der Waals surface area contributed by atoms with Gasteiger partial charge < -0.3 is 4.42 Å². The molecule has 0 saturated heterocycles. The molecule has 1 atom stereocenters. The Morgan fingerprint density at radius 3 is 2.31 bits per heavy atom. The standard InChI is InChI=1S/C28H30N3O/c1-6-24-22-15-14-21(17-23(22)25-9-7-8-16-31(25)28(24,4)5)27-30-29-26(32-27)20-12-10-19(11-13-20)18(2)3/h7-18,24H,6H2,1-5H3/q+1. The van der Waals surface area contributed by atoms with Crippen molar-refractivity contribution in [1.29, 1.82) is 0 Å². The molecule has 4 nitrogen and oxygen atoms in total. The summed E-state index contributed by atoms with van der Waals surface area (Å²) < 4.78 is 8.51. The molecule has 2 aromatic heterocycles. The molecule has 0 fully saturated rings. The number of benzene rings is 2. The second kappa shape index (κ2) is 7.70. The summed E-state index contributed by atoms with van der Waals surface area (Å²) in [5, 5.41) is 8.70. The molecule has 4 heteroatoms. The predicted octanol–water partition coefficient (Wildman–Crippen LogP) is 6.72. The average Bonchev–Trinajstić information content (AvgIpc) is 3.29. The van der Waals surface area contributed by atoms with Gasteiger partial charge in [-0.2, -0.15) is 4.57 Å². The van der Waals surface area contributed by atoms with E-state index in [0.29, 0.717) is 23.6 Å². The highest BCUT2D eigenvalue weighted by Crippen LogP contribution is 2.44. The zero-order valence-corrected chi connectivity index (χ0v) is 19.5. The third kappa shape index (κ3) is 3.26. The first-order valence-electron chi connectivity index (χ1n) is 11.5. The van der Waals surface area contributed by atoms with Crippen LogP contribution in [0, 0.1) is 0 Å². The third-order valence-electron chi connectivity index (χ3n) is 6.94. The van der Waals surface area contributed by atoms with Crippen LogP contribution in [0.1, 0.15) is 64.0 Å². The summed E-state index contributed by atoms with van der Waals surface area (Å²) in [6.45, 7) is 11.3. The zero-order valence-electron chi connectivity index (χ0n) is 19.5. The highest BCUT2D eigenvalue weighted by atomic mass is 16.4. The van der Waals surface area contributed by atoms with Crippen molar-refractivity contribution in [2.24, 2.45) is 0 Å². The van der Waals surface area contributed by atoms with Gasteiger partial charge in [0.2, 0.25) is 17.5 Å². The molecule has 1 unspecified atom stereocenters. The second-order valence-corrected chi connectivity index (χ2v) is 9.56. The Hall–Kier alpha value is -3.27. The SMILES string of the molecule is CCC1c2ccc(-c3nnc(-c4ccc(C(C)C)cc4)o3)cc2-c2cccc[n+]2C1(C)C. The van der Waals surface area contributed by atoms with Crippen LogP contribution in [0.15, 0.2) is 71.3 Å². The molecular formula is C28H30N3O+. The maximum atomic E-state index is 6.10. The van der Waals surface area contributed by atoms with Gasteiger partial charge in [0, 0.05) is 43.0 Å². The van der Waals surface area contributed by atoms with Gasteiger partial charge in [-0.25, -0.2) is 0 Å². The Morgan fingerprint density at radius 2 is 1.62 bits per heavy atom. The largest absolute Gasteiger partial charge is 0.416 e. The van der Waals surface area contributed by atoms with Crippen LogP contribution in [-0.4, -0.2) is 10.2 Å². The smallest absolute Gasteiger partial charge is 0.248 e. The number of pyridine rings is 1. The van der Waals surface area contributed by atoms with Gasteiger partial charge in [-0.3, -0.25) is 0 Å². The molecule has 1 aliphatic rings. The number of fused-ring (bicyclic) bond motifs is 3. The molecule has 1 aliphatic heterocycles. The first kappa shape index (κ1) is 20.6. The summed E-state index contributed by atoms with van der Waals surface area (Å²) in [5.41, 5.74) is 7.06.